The van der Waals surface area contributed by atoms with E-state index in [1.807, 2.05) is 42.5 Å². The van der Waals surface area contributed by atoms with E-state index in [2.05, 4.69) is 5.32 Å². The summed E-state index contributed by atoms with van der Waals surface area (Å²) in [5.41, 5.74) is 3.08. The van der Waals surface area contributed by atoms with Crippen molar-refractivity contribution in [2.45, 2.75) is 19.4 Å². The van der Waals surface area contributed by atoms with Crippen LogP contribution >= 0.6 is 11.6 Å². The molecule has 0 fully saturated rings. The molecule has 4 heteroatoms. The number of carbonyl (C=O) groups is 1. The molecule has 1 amide bonds. The zero-order valence-electron chi connectivity index (χ0n) is 10.9. The first-order valence-electron chi connectivity index (χ1n) is 6.51. The molecule has 0 unspecified atom stereocenters. The van der Waals surface area contributed by atoms with Gasteiger partial charge < -0.3 is 10.1 Å². The number of hydrogen-bond acceptors (Lipinski definition) is 2. The Labute approximate surface area is 122 Å². The molecule has 3 rings (SSSR count). The number of anilines is 1. The van der Waals surface area contributed by atoms with Crippen LogP contribution in [0.5, 0.6) is 5.75 Å². The smallest absolute Gasteiger partial charge is 0.224 e. The molecule has 3 nitrogen and oxygen atoms in total. The highest BCUT2D eigenvalue weighted by Gasteiger charge is 2.14. The molecule has 1 aliphatic heterocycles. The highest BCUT2D eigenvalue weighted by Crippen LogP contribution is 2.27. The summed E-state index contributed by atoms with van der Waals surface area (Å²) in [5, 5.41) is 3.58. The lowest BCUT2D eigenvalue weighted by Gasteiger charge is -2.17. The standard InChI is InChI=1S/C16H14ClNO2/c17-13-4-1-11(2-5-13)10-20-14-6-7-15-12(9-14)3-8-16(19)18-15/h1-2,4-7,9H,3,8,10H2,(H,18,19). The minimum absolute atomic E-state index is 0.0762. The van der Waals surface area contributed by atoms with Crippen LogP contribution in [0.2, 0.25) is 5.02 Å². The second-order valence-corrected chi connectivity index (χ2v) is 5.22. The maximum atomic E-state index is 11.3. The third-order valence-corrected chi connectivity index (χ3v) is 3.54. The number of fused-ring (bicyclic) bond motifs is 1. The van der Waals surface area contributed by atoms with Crippen LogP contribution in [0, 0.1) is 0 Å². The third-order valence-electron chi connectivity index (χ3n) is 3.29. The minimum atomic E-state index is 0.0762. The van der Waals surface area contributed by atoms with Gasteiger partial charge in [-0.05, 0) is 47.9 Å². The van der Waals surface area contributed by atoms with Gasteiger partial charge in [-0.3, -0.25) is 4.79 Å². The number of ether oxygens (including phenoxy) is 1. The summed E-state index contributed by atoms with van der Waals surface area (Å²) in [6.45, 7) is 0.502. The molecule has 0 radical (unpaired) electrons. The van der Waals surface area contributed by atoms with Gasteiger partial charge in [0.05, 0.1) is 0 Å². The van der Waals surface area contributed by atoms with E-state index < -0.39 is 0 Å². The lowest BCUT2D eigenvalue weighted by Crippen LogP contribution is -2.18. The van der Waals surface area contributed by atoms with Gasteiger partial charge in [-0.25, -0.2) is 0 Å². The molecular formula is C16H14ClNO2. The molecule has 1 heterocycles. The summed E-state index contributed by atoms with van der Waals surface area (Å²) in [6, 6.07) is 13.3. The normalized spacial score (nSPS) is 13.6. The zero-order valence-corrected chi connectivity index (χ0v) is 11.6. The van der Waals surface area contributed by atoms with Crippen molar-refractivity contribution >= 4 is 23.2 Å². The maximum absolute atomic E-state index is 11.3. The lowest BCUT2D eigenvalue weighted by atomic mass is 10.0. The van der Waals surface area contributed by atoms with Gasteiger partial charge in [0.2, 0.25) is 5.91 Å². The SMILES string of the molecule is O=C1CCc2cc(OCc3ccc(Cl)cc3)ccc2N1. The highest BCUT2D eigenvalue weighted by molar-refractivity contribution is 6.30. The van der Waals surface area contributed by atoms with Gasteiger partial charge in [0, 0.05) is 17.1 Å². The predicted octanol–water partition coefficient (Wildman–Crippen LogP) is 3.80. The molecule has 0 saturated heterocycles. The van der Waals surface area contributed by atoms with Gasteiger partial charge >= 0.3 is 0 Å². The molecule has 102 valence electrons. The first-order chi connectivity index (χ1) is 9.70. The first-order valence-corrected chi connectivity index (χ1v) is 6.88. The Bertz CT molecular complexity index is 637. The Balaban J connectivity index is 1.69. The van der Waals surface area contributed by atoms with E-state index in [9.17, 15) is 4.79 Å². The van der Waals surface area contributed by atoms with Gasteiger partial charge in [0.15, 0.2) is 0 Å². The van der Waals surface area contributed by atoms with Crippen LogP contribution < -0.4 is 10.1 Å². The van der Waals surface area contributed by atoms with Crippen molar-refractivity contribution in [2.24, 2.45) is 0 Å². The van der Waals surface area contributed by atoms with Crippen molar-refractivity contribution in [2.75, 3.05) is 5.32 Å². The van der Waals surface area contributed by atoms with Crippen molar-refractivity contribution in [3.63, 3.8) is 0 Å². The molecule has 20 heavy (non-hydrogen) atoms. The number of benzene rings is 2. The zero-order chi connectivity index (χ0) is 13.9. The first kappa shape index (κ1) is 13.0. The van der Waals surface area contributed by atoms with Crippen LogP contribution in [0.15, 0.2) is 42.5 Å². The molecule has 2 aromatic rings. The average molecular weight is 288 g/mol. The molecule has 0 bridgehead atoms. The van der Waals surface area contributed by atoms with Crippen LogP contribution in [0.1, 0.15) is 17.5 Å². The second kappa shape index (κ2) is 5.55. The Kier molecular flexibility index (Phi) is 3.61. The average Bonchev–Trinajstić information content (AvgIpc) is 2.46. The van der Waals surface area contributed by atoms with Crippen molar-refractivity contribution in [1.29, 1.82) is 0 Å². The number of nitrogens with one attached hydrogen (secondary N) is 1. The molecule has 0 saturated carbocycles. The number of carbonyl (C=O) groups excluding carboxylic acids is 1. The summed E-state index contributed by atoms with van der Waals surface area (Å²) in [5.74, 6) is 0.891. The molecule has 0 atom stereocenters. The van der Waals surface area contributed by atoms with Gasteiger partial charge in [0.1, 0.15) is 12.4 Å². The Hall–Kier alpha value is -2.00. The van der Waals surface area contributed by atoms with Crippen LogP contribution in [0.3, 0.4) is 0 Å². The van der Waals surface area contributed by atoms with E-state index >= 15 is 0 Å². The fourth-order valence-electron chi connectivity index (χ4n) is 2.20. The molecule has 0 spiro atoms. The van der Waals surface area contributed by atoms with Crippen molar-refractivity contribution in [3.05, 3.63) is 58.6 Å². The van der Waals surface area contributed by atoms with Crippen LogP contribution in [0.4, 0.5) is 5.69 Å². The predicted molar refractivity (Wildman–Crippen MR) is 79.2 cm³/mol. The fraction of sp³-hybridized carbons (Fsp3) is 0.188. The molecule has 1 N–H and O–H groups in total. The highest BCUT2D eigenvalue weighted by atomic mass is 35.5. The third kappa shape index (κ3) is 2.94. The lowest BCUT2D eigenvalue weighted by molar-refractivity contribution is -0.116. The number of halogens is 1. The van der Waals surface area contributed by atoms with Crippen LogP contribution in [-0.4, -0.2) is 5.91 Å². The number of hydrogen-bond donors (Lipinski definition) is 1. The summed E-state index contributed by atoms with van der Waals surface area (Å²) >= 11 is 5.84. The largest absolute Gasteiger partial charge is 0.489 e. The quantitative estimate of drug-likeness (QED) is 0.932. The summed E-state index contributed by atoms with van der Waals surface area (Å²) in [4.78, 5) is 11.3. The van der Waals surface area contributed by atoms with E-state index in [4.69, 9.17) is 16.3 Å². The Morgan fingerprint density at radius 1 is 1.10 bits per heavy atom. The van der Waals surface area contributed by atoms with Crippen molar-refractivity contribution < 1.29 is 9.53 Å². The molecule has 0 aliphatic carbocycles. The summed E-state index contributed by atoms with van der Waals surface area (Å²) in [7, 11) is 0. The summed E-state index contributed by atoms with van der Waals surface area (Å²) in [6.07, 6.45) is 1.30. The van der Waals surface area contributed by atoms with Crippen molar-refractivity contribution in [3.8, 4) is 5.75 Å². The monoisotopic (exact) mass is 287 g/mol. The maximum Gasteiger partial charge on any atom is 0.224 e. The van der Waals surface area contributed by atoms with E-state index in [0.29, 0.717) is 13.0 Å². The fourth-order valence-corrected chi connectivity index (χ4v) is 2.32. The minimum Gasteiger partial charge on any atom is -0.489 e. The van der Waals surface area contributed by atoms with E-state index in [0.717, 1.165) is 34.0 Å². The number of aryl methyl sites for hydroxylation is 1. The van der Waals surface area contributed by atoms with Gasteiger partial charge in [-0.15, -0.1) is 0 Å². The number of rotatable bonds is 3. The Morgan fingerprint density at radius 3 is 2.70 bits per heavy atom. The van der Waals surface area contributed by atoms with E-state index in [1.165, 1.54) is 0 Å². The molecule has 2 aromatic carbocycles. The van der Waals surface area contributed by atoms with Gasteiger partial charge in [-0.2, -0.15) is 0 Å². The van der Waals surface area contributed by atoms with Crippen LogP contribution in [-0.2, 0) is 17.8 Å². The molecule has 0 aromatic heterocycles. The van der Waals surface area contributed by atoms with E-state index in [1.54, 1.807) is 0 Å². The summed E-state index contributed by atoms with van der Waals surface area (Å²) < 4.78 is 5.77. The van der Waals surface area contributed by atoms with Gasteiger partial charge in [0.25, 0.3) is 0 Å². The van der Waals surface area contributed by atoms with Crippen molar-refractivity contribution in [1.82, 2.24) is 0 Å². The second-order valence-electron chi connectivity index (χ2n) is 4.78. The molecular weight excluding hydrogens is 274 g/mol. The topological polar surface area (TPSA) is 38.3 Å². The van der Waals surface area contributed by atoms with Crippen LogP contribution in [0.25, 0.3) is 0 Å². The van der Waals surface area contributed by atoms with Gasteiger partial charge in [-0.1, -0.05) is 23.7 Å². The number of amides is 1. The van der Waals surface area contributed by atoms with E-state index in [-0.39, 0.29) is 5.91 Å². The molecule has 1 aliphatic rings. The Morgan fingerprint density at radius 2 is 1.90 bits per heavy atom.